The van der Waals surface area contributed by atoms with Crippen LogP contribution >= 0.6 is 11.6 Å². The SMILES string of the molecule is Cc1cc(Cl)ccc1NC(=O)COC(=O)c1ccc(-n2cncn2)cc1. The Kier molecular flexibility index (Phi) is 5.28. The monoisotopic (exact) mass is 370 g/mol. The van der Waals surface area contributed by atoms with Crippen LogP contribution in [-0.4, -0.2) is 33.2 Å². The van der Waals surface area contributed by atoms with Crippen molar-refractivity contribution in [2.45, 2.75) is 6.92 Å². The first-order valence-electron chi connectivity index (χ1n) is 7.71. The van der Waals surface area contributed by atoms with Gasteiger partial charge in [0.05, 0.1) is 11.3 Å². The third kappa shape index (κ3) is 4.25. The van der Waals surface area contributed by atoms with E-state index in [1.54, 1.807) is 53.5 Å². The van der Waals surface area contributed by atoms with E-state index in [9.17, 15) is 9.59 Å². The maximum Gasteiger partial charge on any atom is 0.338 e. The lowest BCUT2D eigenvalue weighted by Gasteiger charge is -2.09. The lowest BCUT2D eigenvalue weighted by molar-refractivity contribution is -0.119. The second kappa shape index (κ2) is 7.79. The molecule has 0 bridgehead atoms. The summed E-state index contributed by atoms with van der Waals surface area (Å²) in [6.07, 6.45) is 2.97. The molecule has 1 amide bonds. The number of hydrogen-bond donors (Lipinski definition) is 1. The van der Waals surface area contributed by atoms with E-state index in [2.05, 4.69) is 15.4 Å². The number of carbonyl (C=O) groups excluding carboxylic acids is 2. The number of anilines is 1. The van der Waals surface area contributed by atoms with Gasteiger partial charge in [-0.1, -0.05) is 11.6 Å². The zero-order chi connectivity index (χ0) is 18.5. The van der Waals surface area contributed by atoms with Gasteiger partial charge >= 0.3 is 5.97 Å². The molecule has 0 radical (unpaired) electrons. The van der Waals surface area contributed by atoms with Crippen LogP contribution in [0.5, 0.6) is 0 Å². The molecule has 0 atom stereocenters. The molecule has 2 aromatic carbocycles. The van der Waals surface area contributed by atoms with Gasteiger partial charge in [-0.25, -0.2) is 14.5 Å². The average molecular weight is 371 g/mol. The Labute approximate surface area is 154 Å². The van der Waals surface area contributed by atoms with Crippen LogP contribution in [0.2, 0.25) is 5.02 Å². The molecule has 3 rings (SSSR count). The highest BCUT2D eigenvalue weighted by Crippen LogP contribution is 2.19. The van der Waals surface area contributed by atoms with E-state index >= 15 is 0 Å². The topological polar surface area (TPSA) is 86.1 Å². The lowest BCUT2D eigenvalue weighted by atomic mass is 10.2. The normalized spacial score (nSPS) is 10.4. The molecule has 0 aliphatic heterocycles. The number of ether oxygens (including phenoxy) is 1. The zero-order valence-electron chi connectivity index (χ0n) is 13.8. The summed E-state index contributed by atoms with van der Waals surface area (Å²) in [6, 6.07) is 11.7. The molecule has 132 valence electrons. The minimum absolute atomic E-state index is 0.337. The third-order valence-corrected chi connectivity index (χ3v) is 3.82. The highest BCUT2D eigenvalue weighted by atomic mass is 35.5. The number of rotatable bonds is 5. The number of amides is 1. The first-order valence-corrected chi connectivity index (χ1v) is 8.09. The average Bonchev–Trinajstić information content (AvgIpc) is 3.17. The number of aryl methyl sites for hydroxylation is 1. The predicted octanol–water partition coefficient (Wildman–Crippen LogP) is 3.02. The van der Waals surface area contributed by atoms with Gasteiger partial charge in [0.15, 0.2) is 6.61 Å². The molecule has 0 saturated carbocycles. The van der Waals surface area contributed by atoms with Crippen LogP contribution in [0.25, 0.3) is 5.69 Å². The van der Waals surface area contributed by atoms with Crippen LogP contribution < -0.4 is 5.32 Å². The molecule has 0 aliphatic carbocycles. The molecular formula is C18H15ClN4O3. The summed E-state index contributed by atoms with van der Waals surface area (Å²) >= 11 is 5.88. The predicted molar refractivity (Wildman–Crippen MR) is 96.5 cm³/mol. The molecule has 0 saturated heterocycles. The minimum atomic E-state index is -0.585. The van der Waals surface area contributed by atoms with E-state index in [-0.39, 0.29) is 6.61 Å². The van der Waals surface area contributed by atoms with Gasteiger partial charge in [-0.2, -0.15) is 5.10 Å². The molecule has 1 heterocycles. The minimum Gasteiger partial charge on any atom is -0.452 e. The van der Waals surface area contributed by atoms with E-state index in [4.69, 9.17) is 16.3 Å². The first kappa shape index (κ1) is 17.6. The van der Waals surface area contributed by atoms with Crippen LogP contribution in [-0.2, 0) is 9.53 Å². The van der Waals surface area contributed by atoms with E-state index in [1.807, 2.05) is 6.92 Å². The van der Waals surface area contributed by atoms with Crippen LogP contribution in [0.3, 0.4) is 0 Å². The Morgan fingerprint density at radius 2 is 1.96 bits per heavy atom. The standard InChI is InChI=1S/C18H15ClN4O3/c1-12-8-14(19)4-7-16(12)22-17(24)9-26-18(25)13-2-5-15(6-3-13)23-11-20-10-21-23/h2-8,10-11H,9H2,1H3,(H,22,24). The fourth-order valence-corrected chi connectivity index (χ4v) is 2.49. The number of benzene rings is 2. The summed E-state index contributed by atoms with van der Waals surface area (Å²) in [6.45, 7) is 1.44. The summed E-state index contributed by atoms with van der Waals surface area (Å²) in [5.41, 5.74) is 2.54. The third-order valence-electron chi connectivity index (χ3n) is 3.58. The number of aromatic nitrogens is 3. The smallest absolute Gasteiger partial charge is 0.338 e. The summed E-state index contributed by atoms with van der Waals surface area (Å²) < 4.78 is 6.61. The second-order valence-electron chi connectivity index (χ2n) is 5.47. The Hall–Kier alpha value is -3.19. The van der Waals surface area contributed by atoms with Crippen LogP contribution in [0.4, 0.5) is 5.69 Å². The number of carbonyl (C=O) groups is 2. The molecular weight excluding hydrogens is 356 g/mol. The molecule has 1 aromatic heterocycles. The summed E-state index contributed by atoms with van der Waals surface area (Å²) in [7, 11) is 0. The van der Waals surface area contributed by atoms with Gasteiger partial charge in [0.25, 0.3) is 5.91 Å². The second-order valence-corrected chi connectivity index (χ2v) is 5.91. The number of nitrogens with zero attached hydrogens (tertiary/aromatic N) is 3. The van der Waals surface area contributed by atoms with Gasteiger partial charge in [-0.05, 0) is 55.0 Å². The van der Waals surface area contributed by atoms with E-state index in [0.717, 1.165) is 11.3 Å². The van der Waals surface area contributed by atoms with Crippen molar-refractivity contribution < 1.29 is 14.3 Å². The van der Waals surface area contributed by atoms with Crippen LogP contribution in [0.15, 0.2) is 55.1 Å². The lowest BCUT2D eigenvalue weighted by Crippen LogP contribution is -2.21. The largest absolute Gasteiger partial charge is 0.452 e. The van der Waals surface area contributed by atoms with E-state index < -0.39 is 11.9 Å². The molecule has 0 fully saturated rings. The molecule has 7 nitrogen and oxygen atoms in total. The van der Waals surface area contributed by atoms with Crippen molar-refractivity contribution in [3.8, 4) is 5.69 Å². The van der Waals surface area contributed by atoms with Crippen molar-refractivity contribution in [1.29, 1.82) is 0 Å². The highest BCUT2D eigenvalue weighted by Gasteiger charge is 2.11. The van der Waals surface area contributed by atoms with Gasteiger partial charge in [0, 0.05) is 10.7 Å². The highest BCUT2D eigenvalue weighted by molar-refractivity contribution is 6.30. The van der Waals surface area contributed by atoms with Gasteiger partial charge in [0.1, 0.15) is 12.7 Å². The molecule has 0 aliphatic rings. The van der Waals surface area contributed by atoms with Crippen molar-refractivity contribution in [3.63, 3.8) is 0 Å². The maximum absolute atomic E-state index is 12.1. The van der Waals surface area contributed by atoms with Crippen molar-refractivity contribution in [2.24, 2.45) is 0 Å². The van der Waals surface area contributed by atoms with Gasteiger partial charge < -0.3 is 10.1 Å². The fraction of sp³-hybridized carbons (Fsp3) is 0.111. The summed E-state index contributed by atoms with van der Waals surface area (Å²) in [4.78, 5) is 27.9. The Morgan fingerprint density at radius 3 is 2.62 bits per heavy atom. The molecule has 0 unspecified atom stereocenters. The Bertz CT molecular complexity index is 924. The number of hydrogen-bond acceptors (Lipinski definition) is 5. The maximum atomic E-state index is 12.1. The van der Waals surface area contributed by atoms with Crippen molar-refractivity contribution in [3.05, 3.63) is 71.3 Å². The Balaban J connectivity index is 1.55. The van der Waals surface area contributed by atoms with Crippen LogP contribution in [0.1, 0.15) is 15.9 Å². The van der Waals surface area contributed by atoms with Crippen LogP contribution in [0, 0.1) is 6.92 Å². The van der Waals surface area contributed by atoms with Gasteiger partial charge in [-0.3, -0.25) is 4.79 Å². The number of esters is 1. The Morgan fingerprint density at radius 1 is 1.19 bits per heavy atom. The fourth-order valence-electron chi connectivity index (χ4n) is 2.26. The molecule has 26 heavy (non-hydrogen) atoms. The van der Waals surface area contributed by atoms with E-state index in [0.29, 0.717) is 16.3 Å². The first-order chi connectivity index (χ1) is 12.5. The van der Waals surface area contributed by atoms with Crippen molar-refractivity contribution in [2.75, 3.05) is 11.9 Å². The molecule has 0 spiro atoms. The molecule has 8 heteroatoms. The molecule has 3 aromatic rings. The van der Waals surface area contributed by atoms with Crippen molar-refractivity contribution in [1.82, 2.24) is 14.8 Å². The van der Waals surface area contributed by atoms with Crippen molar-refractivity contribution >= 4 is 29.2 Å². The summed E-state index contributed by atoms with van der Waals surface area (Å²) in [5.74, 6) is -1.01. The van der Waals surface area contributed by atoms with E-state index in [1.165, 1.54) is 6.33 Å². The number of nitrogens with one attached hydrogen (secondary N) is 1. The summed E-state index contributed by atoms with van der Waals surface area (Å²) in [5, 5.41) is 7.26. The number of halogens is 1. The zero-order valence-corrected chi connectivity index (χ0v) is 14.6. The van der Waals surface area contributed by atoms with Gasteiger partial charge in [-0.15, -0.1) is 0 Å². The quantitative estimate of drug-likeness (QED) is 0.698. The van der Waals surface area contributed by atoms with Gasteiger partial charge in [0.2, 0.25) is 0 Å². The molecule has 1 N–H and O–H groups in total.